The van der Waals surface area contributed by atoms with Crippen molar-refractivity contribution < 1.29 is 23.2 Å². The summed E-state index contributed by atoms with van der Waals surface area (Å²) in [7, 11) is -0.722. The maximum atomic E-state index is 13.2. The Bertz CT molecular complexity index is 1440. The summed E-state index contributed by atoms with van der Waals surface area (Å²) in [5.74, 6) is 0.134. The van der Waals surface area contributed by atoms with Crippen molar-refractivity contribution in [2.24, 2.45) is 0 Å². The fourth-order valence-corrected chi connectivity index (χ4v) is 6.32. The van der Waals surface area contributed by atoms with Gasteiger partial charge in [0.15, 0.2) is 0 Å². The molecule has 0 fully saturated rings. The molecule has 2 N–H and O–H groups in total. The molecule has 0 bridgehead atoms. The third-order valence-corrected chi connectivity index (χ3v) is 9.03. The number of sulfonamides is 1. The first-order valence-electron chi connectivity index (χ1n) is 11.2. The normalized spacial score (nSPS) is 12.4. The first kappa shape index (κ1) is 26.4. The molecule has 0 radical (unpaired) electrons. The van der Waals surface area contributed by atoms with Gasteiger partial charge in [-0.05, 0) is 48.4 Å². The molecule has 11 nitrogen and oxygen atoms in total. The van der Waals surface area contributed by atoms with Gasteiger partial charge in [-0.1, -0.05) is 23.4 Å². The van der Waals surface area contributed by atoms with Crippen molar-refractivity contribution in [3.63, 3.8) is 0 Å². The molecule has 3 heterocycles. The van der Waals surface area contributed by atoms with Gasteiger partial charge in [0.1, 0.15) is 9.96 Å². The Morgan fingerprint density at radius 3 is 2.65 bits per heavy atom. The van der Waals surface area contributed by atoms with Crippen LogP contribution in [0, 0.1) is 0 Å². The molecule has 0 saturated carbocycles. The van der Waals surface area contributed by atoms with Crippen molar-refractivity contribution in [3.8, 4) is 16.3 Å². The summed E-state index contributed by atoms with van der Waals surface area (Å²) in [6, 6.07) is 15.7. The summed E-state index contributed by atoms with van der Waals surface area (Å²) in [5.41, 5.74) is 3.69. The summed E-state index contributed by atoms with van der Waals surface area (Å²) in [6.45, 7) is -0.0133. The number of thiophene rings is 1. The van der Waals surface area contributed by atoms with E-state index in [0.29, 0.717) is 23.6 Å². The highest BCUT2D eigenvalue weighted by Crippen LogP contribution is 2.31. The lowest BCUT2D eigenvalue weighted by Crippen LogP contribution is -2.26. The largest absolute Gasteiger partial charge is 0.497 e. The number of aromatic nitrogens is 4. The predicted octanol–water partition coefficient (Wildman–Crippen LogP) is 2.91. The molecule has 4 aromatic rings. The van der Waals surface area contributed by atoms with Gasteiger partial charge in [0, 0.05) is 13.2 Å². The van der Waals surface area contributed by atoms with Gasteiger partial charge in [0.2, 0.25) is 5.91 Å². The maximum Gasteiger partial charge on any atom is 0.252 e. The van der Waals surface area contributed by atoms with Crippen LogP contribution >= 0.6 is 11.3 Å². The minimum atomic E-state index is -3.78. The van der Waals surface area contributed by atoms with Crippen LogP contribution in [0.1, 0.15) is 23.7 Å². The number of methoxy groups -OCH3 is 1. The Kier molecular flexibility index (Phi) is 8.28. The summed E-state index contributed by atoms with van der Waals surface area (Å²) in [5, 5.41) is 17.3. The topological polar surface area (TPSA) is 140 Å². The molecule has 194 valence electrons. The van der Waals surface area contributed by atoms with Gasteiger partial charge < -0.3 is 4.74 Å². The van der Waals surface area contributed by atoms with Crippen LogP contribution in [0.5, 0.6) is 5.75 Å². The molecule has 0 saturated heterocycles. The van der Waals surface area contributed by atoms with Gasteiger partial charge in [0.25, 0.3) is 10.0 Å². The van der Waals surface area contributed by atoms with Crippen LogP contribution in [-0.4, -0.2) is 58.0 Å². The zero-order valence-electron chi connectivity index (χ0n) is 20.2. The molecule has 13 heteroatoms. The molecule has 1 amide bonds. The Morgan fingerprint density at radius 1 is 1.19 bits per heavy atom. The van der Waals surface area contributed by atoms with Crippen LogP contribution in [0.4, 0.5) is 0 Å². The summed E-state index contributed by atoms with van der Waals surface area (Å²) in [4.78, 5) is 17.0. The number of amides is 1. The molecule has 0 spiro atoms. The van der Waals surface area contributed by atoms with Crippen LogP contribution < -0.4 is 10.2 Å². The molecular formula is C24H26N6O5S2. The Balaban J connectivity index is 1.49. The predicted molar refractivity (Wildman–Crippen MR) is 137 cm³/mol. The van der Waals surface area contributed by atoms with Gasteiger partial charge in [-0.2, -0.15) is 4.31 Å². The van der Waals surface area contributed by atoms with Crippen LogP contribution in [0.25, 0.3) is 10.6 Å². The number of benzene rings is 1. The Labute approximate surface area is 218 Å². The third-order valence-electron chi connectivity index (χ3n) is 5.66. The Morgan fingerprint density at radius 2 is 1.97 bits per heavy atom. The smallest absolute Gasteiger partial charge is 0.252 e. The minimum absolute atomic E-state index is 0.0133. The van der Waals surface area contributed by atoms with E-state index in [0.717, 1.165) is 21.8 Å². The lowest BCUT2D eigenvalue weighted by atomic mass is 10.0. The van der Waals surface area contributed by atoms with Crippen LogP contribution in [0.3, 0.4) is 0 Å². The lowest BCUT2D eigenvalue weighted by Gasteiger charge is -2.16. The summed E-state index contributed by atoms with van der Waals surface area (Å²) >= 11 is 1.14. The highest BCUT2D eigenvalue weighted by atomic mass is 32.2. The van der Waals surface area contributed by atoms with E-state index in [1.165, 1.54) is 16.0 Å². The van der Waals surface area contributed by atoms with Crippen molar-refractivity contribution >= 4 is 27.3 Å². The number of nitrogens with one attached hydrogen (secondary N) is 1. The van der Waals surface area contributed by atoms with Gasteiger partial charge in [0.05, 0.1) is 48.6 Å². The number of ether oxygens (including phenoxy) is 1. The minimum Gasteiger partial charge on any atom is -0.497 e. The monoisotopic (exact) mass is 542 g/mol. The number of nitrogens with zero attached hydrogens (tertiary/aromatic N) is 5. The van der Waals surface area contributed by atoms with Crippen molar-refractivity contribution in [3.05, 3.63) is 78.2 Å². The van der Waals surface area contributed by atoms with Crippen molar-refractivity contribution in [1.29, 1.82) is 0 Å². The van der Waals surface area contributed by atoms with E-state index in [1.807, 2.05) is 36.4 Å². The van der Waals surface area contributed by atoms with E-state index in [2.05, 4.69) is 15.3 Å². The van der Waals surface area contributed by atoms with E-state index in [1.54, 1.807) is 43.2 Å². The van der Waals surface area contributed by atoms with Gasteiger partial charge in [-0.15, -0.1) is 16.4 Å². The van der Waals surface area contributed by atoms with Crippen LogP contribution in [-0.2, 0) is 27.8 Å². The second-order valence-corrected chi connectivity index (χ2v) is 11.6. The molecule has 3 aromatic heterocycles. The number of carbonyl (C=O) groups is 1. The van der Waals surface area contributed by atoms with E-state index in [4.69, 9.17) is 9.94 Å². The fraction of sp³-hybridized carbons (Fsp3) is 0.250. The molecule has 1 aromatic carbocycles. The van der Waals surface area contributed by atoms with Crippen molar-refractivity contribution in [2.45, 2.75) is 29.6 Å². The molecule has 0 aliphatic heterocycles. The molecule has 0 unspecified atom stereocenters. The number of hydroxylamine groups is 1. The molecule has 4 rings (SSSR count). The maximum absolute atomic E-state index is 13.2. The SMILES string of the molecule is COc1ccc(C[C@@H](CC(=O)NO)n2cc(CN(C)S(=O)(=O)c3ccc(-c4ccccn4)s3)nn2)cc1. The van der Waals surface area contributed by atoms with E-state index in [9.17, 15) is 13.2 Å². The average Bonchev–Trinajstić information content (AvgIpc) is 3.60. The van der Waals surface area contributed by atoms with Gasteiger partial charge in [-0.25, -0.2) is 18.6 Å². The van der Waals surface area contributed by atoms with E-state index in [-0.39, 0.29) is 17.2 Å². The third kappa shape index (κ3) is 6.38. The van der Waals surface area contributed by atoms with Crippen molar-refractivity contribution in [1.82, 2.24) is 29.8 Å². The fourth-order valence-electron chi connectivity index (χ4n) is 3.69. The van der Waals surface area contributed by atoms with Gasteiger partial charge >= 0.3 is 0 Å². The van der Waals surface area contributed by atoms with E-state index < -0.39 is 22.0 Å². The van der Waals surface area contributed by atoms with E-state index >= 15 is 0 Å². The molecule has 0 aliphatic rings. The number of pyridine rings is 1. The average molecular weight is 543 g/mol. The number of carbonyl (C=O) groups excluding carboxylic acids is 1. The highest BCUT2D eigenvalue weighted by Gasteiger charge is 2.25. The zero-order chi connectivity index (χ0) is 26.4. The second kappa shape index (κ2) is 11.6. The number of hydrogen-bond acceptors (Lipinski definition) is 9. The summed E-state index contributed by atoms with van der Waals surface area (Å²) in [6.07, 6.45) is 3.65. The lowest BCUT2D eigenvalue weighted by molar-refractivity contribution is -0.130. The van der Waals surface area contributed by atoms with Crippen molar-refractivity contribution in [2.75, 3.05) is 14.2 Å². The van der Waals surface area contributed by atoms with Gasteiger partial charge in [-0.3, -0.25) is 15.0 Å². The number of rotatable bonds is 11. The quantitative estimate of drug-likeness (QED) is 0.218. The standard InChI is InChI=1S/C24H26N6O5S2/c1-29(37(33,34)24-11-10-22(36-24)21-5-3-4-12-25-21)15-18-16-30(28-26-18)19(14-23(31)27-32)13-17-6-8-20(35-2)9-7-17/h3-12,16,19,32H,13-15H2,1-2H3,(H,27,31)/t19-/m0/s1. The molecule has 1 atom stereocenters. The molecular weight excluding hydrogens is 516 g/mol. The first-order valence-corrected chi connectivity index (χ1v) is 13.5. The molecule has 37 heavy (non-hydrogen) atoms. The molecule has 0 aliphatic carbocycles. The highest BCUT2D eigenvalue weighted by molar-refractivity contribution is 7.91. The first-order chi connectivity index (χ1) is 17.8. The Hall–Kier alpha value is -3.65. The summed E-state index contributed by atoms with van der Waals surface area (Å²) < 4.78 is 34.4. The van der Waals surface area contributed by atoms with Crippen LogP contribution in [0.15, 0.2) is 71.2 Å². The zero-order valence-corrected chi connectivity index (χ0v) is 21.8. The van der Waals surface area contributed by atoms with Crippen LogP contribution in [0.2, 0.25) is 0 Å². The second-order valence-electron chi connectivity index (χ2n) is 8.23. The number of hydrogen-bond donors (Lipinski definition) is 2.